The molecule has 23 heavy (non-hydrogen) atoms. The molecule has 5 heteroatoms. The Labute approximate surface area is 139 Å². The highest BCUT2D eigenvalue weighted by Crippen LogP contribution is 2.43. The lowest BCUT2D eigenvalue weighted by molar-refractivity contribution is -0.118. The Hall–Kier alpha value is -2.04. The summed E-state index contributed by atoms with van der Waals surface area (Å²) in [6.45, 7) is 6.48. The molecule has 1 aromatic rings. The van der Waals surface area contributed by atoms with E-state index < -0.39 is 0 Å². The van der Waals surface area contributed by atoms with Gasteiger partial charge in [0.25, 0.3) is 0 Å². The average molecular weight is 316 g/mol. The zero-order valence-corrected chi connectivity index (χ0v) is 14.2. The van der Waals surface area contributed by atoms with Crippen LogP contribution in [0.25, 0.3) is 0 Å². The van der Waals surface area contributed by atoms with E-state index in [1.54, 1.807) is 0 Å². The molecule has 1 aliphatic carbocycles. The molecule has 0 aliphatic heterocycles. The van der Waals surface area contributed by atoms with Gasteiger partial charge in [0.2, 0.25) is 5.91 Å². The van der Waals surface area contributed by atoms with Gasteiger partial charge >= 0.3 is 0 Å². The first-order valence-electron chi connectivity index (χ1n) is 8.48. The maximum atomic E-state index is 10.9. The standard InChI is InChI=1S/C18H28N4O/c1-3-19-17(21-13-12-20-15(2)23)22-14-18(10-7-11-18)16-8-5-4-6-9-16/h4-6,8-9H,3,7,10-14H2,1-2H3,(H,20,23)(H2,19,21,22). The first-order valence-corrected chi connectivity index (χ1v) is 8.48. The van der Waals surface area contributed by atoms with Crippen LogP contribution in [0.1, 0.15) is 38.7 Å². The Balaban J connectivity index is 1.94. The van der Waals surface area contributed by atoms with Gasteiger partial charge in [0.05, 0.1) is 6.54 Å². The molecule has 5 nitrogen and oxygen atoms in total. The van der Waals surface area contributed by atoms with Crippen LogP contribution in [0.4, 0.5) is 0 Å². The first-order chi connectivity index (χ1) is 11.2. The lowest BCUT2D eigenvalue weighted by Gasteiger charge is -2.41. The van der Waals surface area contributed by atoms with Crippen molar-refractivity contribution in [2.24, 2.45) is 4.99 Å². The molecular weight excluding hydrogens is 288 g/mol. The van der Waals surface area contributed by atoms with E-state index in [0.717, 1.165) is 19.0 Å². The number of carbonyl (C=O) groups excluding carboxylic acids is 1. The molecule has 1 fully saturated rings. The maximum absolute atomic E-state index is 10.9. The highest BCUT2D eigenvalue weighted by Gasteiger charge is 2.38. The van der Waals surface area contributed by atoms with Crippen LogP contribution in [-0.4, -0.2) is 38.0 Å². The summed E-state index contributed by atoms with van der Waals surface area (Å²) >= 11 is 0. The molecule has 0 unspecified atom stereocenters. The smallest absolute Gasteiger partial charge is 0.216 e. The first kappa shape index (κ1) is 17.3. The molecule has 3 N–H and O–H groups in total. The number of aliphatic imine (C=N–C) groups is 1. The van der Waals surface area contributed by atoms with Gasteiger partial charge in [0, 0.05) is 32.0 Å². The minimum Gasteiger partial charge on any atom is -0.357 e. The van der Waals surface area contributed by atoms with Gasteiger partial charge in [-0.1, -0.05) is 36.8 Å². The van der Waals surface area contributed by atoms with E-state index in [1.807, 2.05) is 0 Å². The summed E-state index contributed by atoms with van der Waals surface area (Å²) in [6.07, 6.45) is 3.68. The summed E-state index contributed by atoms with van der Waals surface area (Å²) in [5.74, 6) is 0.811. The van der Waals surface area contributed by atoms with Gasteiger partial charge in [-0.3, -0.25) is 9.79 Å². The van der Waals surface area contributed by atoms with Crippen LogP contribution in [0, 0.1) is 0 Å². The van der Waals surface area contributed by atoms with Crippen LogP contribution in [0.15, 0.2) is 35.3 Å². The highest BCUT2D eigenvalue weighted by atomic mass is 16.1. The van der Waals surface area contributed by atoms with Crippen LogP contribution in [0.2, 0.25) is 0 Å². The van der Waals surface area contributed by atoms with Crippen molar-refractivity contribution >= 4 is 11.9 Å². The Kier molecular flexibility index (Phi) is 6.44. The van der Waals surface area contributed by atoms with Crippen molar-refractivity contribution in [1.82, 2.24) is 16.0 Å². The summed E-state index contributed by atoms with van der Waals surface area (Å²) in [7, 11) is 0. The molecule has 2 rings (SSSR count). The Morgan fingerprint density at radius 3 is 2.39 bits per heavy atom. The fourth-order valence-electron chi connectivity index (χ4n) is 2.92. The van der Waals surface area contributed by atoms with Gasteiger partial charge in [-0.2, -0.15) is 0 Å². The second-order valence-electron chi connectivity index (χ2n) is 6.10. The molecule has 0 aromatic heterocycles. The molecule has 0 spiro atoms. The van der Waals surface area contributed by atoms with Gasteiger partial charge in [-0.05, 0) is 25.3 Å². The van der Waals surface area contributed by atoms with Crippen molar-refractivity contribution in [3.05, 3.63) is 35.9 Å². The predicted molar refractivity (Wildman–Crippen MR) is 94.6 cm³/mol. The van der Waals surface area contributed by atoms with Gasteiger partial charge in [-0.25, -0.2) is 0 Å². The molecule has 1 aliphatic rings. The number of guanidine groups is 1. The third-order valence-electron chi connectivity index (χ3n) is 4.37. The molecule has 1 saturated carbocycles. The summed E-state index contributed by atoms with van der Waals surface area (Å²) in [4.78, 5) is 15.7. The van der Waals surface area contributed by atoms with E-state index in [2.05, 4.69) is 53.2 Å². The van der Waals surface area contributed by atoms with Gasteiger partial charge in [-0.15, -0.1) is 0 Å². The number of hydrogen-bond donors (Lipinski definition) is 3. The number of benzene rings is 1. The van der Waals surface area contributed by atoms with E-state index in [9.17, 15) is 4.79 Å². The number of rotatable bonds is 7. The van der Waals surface area contributed by atoms with Crippen molar-refractivity contribution in [3.8, 4) is 0 Å². The largest absolute Gasteiger partial charge is 0.357 e. The number of hydrogen-bond acceptors (Lipinski definition) is 2. The van der Waals surface area contributed by atoms with E-state index in [4.69, 9.17) is 4.99 Å². The summed E-state index contributed by atoms with van der Waals surface area (Å²) < 4.78 is 0. The van der Waals surface area contributed by atoms with Crippen molar-refractivity contribution in [2.45, 2.75) is 38.5 Å². The lowest BCUT2D eigenvalue weighted by Crippen LogP contribution is -2.43. The normalized spacial score (nSPS) is 16.3. The third kappa shape index (κ3) is 4.98. The molecule has 126 valence electrons. The molecule has 1 aromatic carbocycles. The Morgan fingerprint density at radius 2 is 1.83 bits per heavy atom. The zero-order chi connectivity index (χ0) is 16.5. The van der Waals surface area contributed by atoms with Crippen molar-refractivity contribution in [3.63, 3.8) is 0 Å². The van der Waals surface area contributed by atoms with E-state index in [1.165, 1.54) is 31.7 Å². The average Bonchev–Trinajstić information content (AvgIpc) is 2.51. The maximum Gasteiger partial charge on any atom is 0.216 e. The zero-order valence-electron chi connectivity index (χ0n) is 14.2. The van der Waals surface area contributed by atoms with Crippen molar-refractivity contribution < 1.29 is 4.79 Å². The van der Waals surface area contributed by atoms with E-state index in [0.29, 0.717) is 13.1 Å². The van der Waals surface area contributed by atoms with Crippen molar-refractivity contribution in [1.29, 1.82) is 0 Å². The highest BCUT2D eigenvalue weighted by molar-refractivity contribution is 5.80. The van der Waals surface area contributed by atoms with Crippen LogP contribution in [-0.2, 0) is 10.2 Å². The van der Waals surface area contributed by atoms with Crippen LogP contribution >= 0.6 is 0 Å². The second-order valence-corrected chi connectivity index (χ2v) is 6.10. The fraction of sp³-hybridized carbons (Fsp3) is 0.556. The molecule has 0 heterocycles. The third-order valence-corrected chi connectivity index (χ3v) is 4.37. The molecule has 0 bridgehead atoms. The quantitative estimate of drug-likeness (QED) is 0.408. The molecule has 0 atom stereocenters. The van der Waals surface area contributed by atoms with Crippen LogP contribution in [0.3, 0.4) is 0 Å². The summed E-state index contributed by atoms with van der Waals surface area (Å²) in [5, 5.41) is 9.32. The SMILES string of the molecule is CCNC(=NCC1(c2ccccc2)CCC1)NCCNC(C)=O. The number of amides is 1. The van der Waals surface area contributed by atoms with Gasteiger partial charge < -0.3 is 16.0 Å². The number of carbonyl (C=O) groups is 1. The summed E-state index contributed by atoms with van der Waals surface area (Å²) in [5.41, 5.74) is 1.59. The van der Waals surface area contributed by atoms with Gasteiger partial charge in [0.1, 0.15) is 0 Å². The van der Waals surface area contributed by atoms with Crippen LogP contribution in [0.5, 0.6) is 0 Å². The van der Waals surface area contributed by atoms with E-state index >= 15 is 0 Å². The Morgan fingerprint density at radius 1 is 1.13 bits per heavy atom. The monoisotopic (exact) mass is 316 g/mol. The number of nitrogens with zero attached hydrogens (tertiary/aromatic N) is 1. The molecular formula is C18H28N4O. The minimum absolute atomic E-state index is 0.00811. The molecule has 0 radical (unpaired) electrons. The van der Waals surface area contributed by atoms with Crippen LogP contribution < -0.4 is 16.0 Å². The van der Waals surface area contributed by atoms with Crippen molar-refractivity contribution in [2.75, 3.05) is 26.2 Å². The topological polar surface area (TPSA) is 65.5 Å². The second kappa shape index (κ2) is 8.56. The predicted octanol–water partition coefficient (Wildman–Crippen LogP) is 1.80. The molecule has 1 amide bonds. The minimum atomic E-state index is -0.00811. The summed E-state index contributed by atoms with van der Waals surface area (Å²) in [6, 6.07) is 10.7. The Bertz CT molecular complexity index is 523. The van der Waals surface area contributed by atoms with Gasteiger partial charge in [0.15, 0.2) is 5.96 Å². The number of nitrogens with one attached hydrogen (secondary N) is 3. The lowest BCUT2D eigenvalue weighted by atomic mass is 9.64. The van der Waals surface area contributed by atoms with E-state index in [-0.39, 0.29) is 11.3 Å². The molecule has 0 saturated heterocycles. The fourth-order valence-corrected chi connectivity index (χ4v) is 2.92.